The molecule has 0 aliphatic heterocycles. The van der Waals surface area contributed by atoms with Gasteiger partial charge in [-0.3, -0.25) is 0 Å². The zero-order valence-electron chi connectivity index (χ0n) is 12.4. The molecule has 0 saturated heterocycles. The predicted octanol–water partition coefficient (Wildman–Crippen LogP) is 3.02. The average molecular weight is 260 g/mol. The van der Waals surface area contributed by atoms with Crippen molar-refractivity contribution in [1.29, 1.82) is 0 Å². The van der Waals surface area contributed by atoms with Crippen molar-refractivity contribution >= 4 is 0 Å². The van der Waals surface area contributed by atoms with Crippen LogP contribution in [0, 0.1) is 5.92 Å². The molecule has 2 rings (SSSR count). The number of fused-ring (bicyclic) bond motifs is 1. The highest BCUT2D eigenvalue weighted by Gasteiger charge is 2.22. The molecule has 1 aliphatic carbocycles. The first-order chi connectivity index (χ1) is 9.24. The molecule has 19 heavy (non-hydrogen) atoms. The molecule has 0 bridgehead atoms. The lowest BCUT2D eigenvalue weighted by Crippen LogP contribution is -2.35. The number of likely N-dealkylation sites (N-methyl/N-ethyl adjacent to an activating group) is 1. The Morgan fingerprint density at radius 1 is 1.37 bits per heavy atom. The van der Waals surface area contributed by atoms with Crippen LogP contribution in [0.5, 0.6) is 0 Å². The minimum absolute atomic E-state index is 0.596. The molecule has 2 nitrogen and oxygen atoms in total. The van der Waals surface area contributed by atoms with Crippen LogP contribution in [0.4, 0.5) is 0 Å². The topological polar surface area (TPSA) is 29.3 Å². The summed E-state index contributed by atoms with van der Waals surface area (Å²) in [5, 5.41) is 0. The summed E-state index contributed by atoms with van der Waals surface area (Å²) in [5.41, 5.74) is 8.92. The summed E-state index contributed by atoms with van der Waals surface area (Å²) in [6.45, 7) is 8.75. The Hall–Kier alpha value is -0.860. The Morgan fingerprint density at radius 3 is 2.89 bits per heavy atom. The molecule has 0 amide bonds. The molecule has 2 N–H and O–H groups in total. The lowest BCUT2D eigenvalue weighted by atomic mass is 9.82. The number of nitrogens with zero attached hydrogens (tertiary/aromatic N) is 1. The SMILES string of the molecule is CCN(CC(C)CN)CC1CCCc2ccccc21. The second kappa shape index (κ2) is 7.06. The van der Waals surface area contributed by atoms with E-state index in [0.29, 0.717) is 5.92 Å². The van der Waals surface area contributed by atoms with Gasteiger partial charge in [-0.25, -0.2) is 0 Å². The maximum Gasteiger partial charge on any atom is 0.00504 e. The molecular formula is C17H28N2. The smallest absolute Gasteiger partial charge is 0.00504 e. The standard InChI is InChI=1S/C17H28N2/c1-3-19(12-14(2)11-18)13-16-9-6-8-15-7-4-5-10-17(15)16/h4-5,7,10,14,16H,3,6,8-9,11-13,18H2,1-2H3. The summed E-state index contributed by atoms with van der Waals surface area (Å²) in [5.74, 6) is 1.31. The summed E-state index contributed by atoms with van der Waals surface area (Å²) >= 11 is 0. The van der Waals surface area contributed by atoms with Crippen LogP contribution in [0.15, 0.2) is 24.3 Å². The first-order valence-corrected chi connectivity index (χ1v) is 7.74. The summed E-state index contributed by atoms with van der Waals surface area (Å²) in [6.07, 6.45) is 3.94. The highest BCUT2D eigenvalue weighted by molar-refractivity contribution is 5.32. The van der Waals surface area contributed by atoms with Crippen molar-refractivity contribution in [2.24, 2.45) is 11.7 Å². The maximum atomic E-state index is 5.76. The van der Waals surface area contributed by atoms with Gasteiger partial charge in [-0.15, -0.1) is 0 Å². The zero-order chi connectivity index (χ0) is 13.7. The molecule has 2 atom stereocenters. The molecule has 106 valence electrons. The van der Waals surface area contributed by atoms with Gasteiger partial charge in [0.25, 0.3) is 0 Å². The van der Waals surface area contributed by atoms with E-state index in [9.17, 15) is 0 Å². The molecule has 0 radical (unpaired) electrons. The van der Waals surface area contributed by atoms with Crippen LogP contribution < -0.4 is 5.73 Å². The van der Waals surface area contributed by atoms with Gasteiger partial charge in [-0.1, -0.05) is 38.1 Å². The van der Waals surface area contributed by atoms with E-state index in [4.69, 9.17) is 5.73 Å². The molecule has 1 aromatic rings. The zero-order valence-corrected chi connectivity index (χ0v) is 12.4. The minimum atomic E-state index is 0.596. The lowest BCUT2D eigenvalue weighted by Gasteiger charge is -2.32. The number of hydrogen-bond donors (Lipinski definition) is 1. The van der Waals surface area contributed by atoms with Gasteiger partial charge in [0.2, 0.25) is 0 Å². The van der Waals surface area contributed by atoms with Crippen molar-refractivity contribution in [2.45, 2.75) is 39.0 Å². The van der Waals surface area contributed by atoms with Crippen molar-refractivity contribution in [2.75, 3.05) is 26.2 Å². The minimum Gasteiger partial charge on any atom is -0.330 e. The number of rotatable bonds is 6. The van der Waals surface area contributed by atoms with Crippen molar-refractivity contribution in [1.82, 2.24) is 4.90 Å². The van der Waals surface area contributed by atoms with E-state index < -0.39 is 0 Å². The molecular weight excluding hydrogens is 232 g/mol. The van der Waals surface area contributed by atoms with E-state index in [2.05, 4.69) is 43.0 Å². The number of hydrogen-bond acceptors (Lipinski definition) is 2. The third kappa shape index (κ3) is 3.80. The summed E-state index contributed by atoms with van der Waals surface area (Å²) in [7, 11) is 0. The van der Waals surface area contributed by atoms with Gasteiger partial charge >= 0.3 is 0 Å². The van der Waals surface area contributed by atoms with Crippen LogP contribution >= 0.6 is 0 Å². The van der Waals surface area contributed by atoms with E-state index >= 15 is 0 Å². The molecule has 2 unspecified atom stereocenters. The fraction of sp³-hybridized carbons (Fsp3) is 0.647. The van der Waals surface area contributed by atoms with E-state index in [1.807, 2.05) is 0 Å². The van der Waals surface area contributed by atoms with Gasteiger partial charge in [0.05, 0.1) is 0 Å². The average Bonchev–Trinajstić information content (AvgIpc) is 2.46. The van der Waals surface area contributed by atoms with E-state index in [0.717, 1.165) is 25.6 Å². The molecule has 2 heteroatoms. The third-order valence-corrected chi connectivity index (χ3v) is 4.39. The van der Waals surface area contributed by atoms with Gasteiger partial charge in [0.15, 0.2) is 0 Å². The third-order valence-electron chi connectivity index (χ3n) is 4.39. The molecule has 0 heterocycles. The van der Waals surface area contributed by atoms with Crippen molar-refractivity contribution in [3.63, 3.8) is 0 Å². The summed E-state index contributed by atoms with van der Waals surface area (Å²) in [6, 6.07) is 9.00. The summed E-state index contributed by atoms with van der Waals surface area (Å²) < 4.78 is 0. The van der Waals surface area contributed by atoms with Gasteiger partial charge in [-0.05, 0) is 55.3 Å². The maximum absolute atomic E-state index is 5.76. The monoisotopic (exact) mass is 260 g/mol. The molecule has 1 aliphatic rings. The van der Waals surface area contributed by atoms with Crippen molar-refractivity contribution in [3.05, 3.63) is 35.4 Å². The van der Waals surface area contributed by atoms with Gasteiger partial charge in [-0.2, -0.15) is 0 Å². The van der Waals surface area contributed by atoms with Crippen molar-refractivity contribution < 1.29 is 0 Å². The highest BCUT2D eigenvalue weighted by atomic mass is 15.1. The van der Waals surface area contributed by atoms with Gasteiger partial charge < -0.3 is 10.6 Å². The Balaban J connectivity index is 2.02. The van der Waals surface area contributed by atoms with Crippen LogP contribution in [0.1, 0.15) is 43.7 Å². The molecule has 0 saturated carbocycles. The second-order valence-electron chi connectivity index (χ2n) is 5.98. The second-order valence-corrected chi connectivity index (χ2v) is 5.98. The normalized spacial score (nSPS) is 20.3. The Morgan fingerprint density at radius 2 is 2.16 bits per heavy atom. The Kier molecular flexibility index (Phi) is 5.41. The first kappa shape index (κ1) is 14.5. The van der Waals surface area contributed by atoms with Crippen LogP contribution in [0.3, 0.4) is 0 Å². The number of nitrogens with two attached hydrogens (primary N) is 1. The molecule has 0 spiro atoms. The van der Waals surface area contributed by atoms with Crippen LogP contribution in [-0.4, -0.2) is 31.1 Å². The Labute approximate surface area is 118 Å². The van der Waals surface area contributed by atoms with Gasteiger partial charge in [0, 0.05) is 13.1 Å². The van der Waals surface area contributed by atoms with E-state index in [1.54, 1.807) is 11.1 Å². The van der Waals surface area contributed by atoms with E-state index in [1.165, 1.54) is 25.8 Å². The quantitative estimate of drug-likeness (QED) is 0.852. The lowest BCUT2D eigenvalue weighted by molar-refractivity contribution is 0.229. The molecule has 1 aromatic carbocycles. The van der Waals surface area contributed by atoms with Crippen LogP contribution in [-0.2, 0) is 6.42 Å². The molecule has 0 fully saturated rings. The van der Waals surface area contributed by atoms with Gasteiger partial charge in [0.1, 0.15) is 0 Å². The Bertz CT molecular complexity index is 389. The summed E-state index contributed by atoms with van der Waals surface area (Å²) in [4.78, 5) is 2.57. The highest BCUT2D eigenvalue weighted by Crippen LogP contribution is 2.32. The van der Waals surface area contributed by atoms with Crippen molar-refractivity contribution in [3.8, 4) is 0 Å². The fourth-order valence-corrected chi connectivity index (χ4v) is 3.20. The van der Waals surface area contributed by atoms with Crippen LogP contribution in [0.25, 0.3) is 0 Å². The fourth-order valence-electron chi connectivity index (χ4n) is 3.20. The first-order valence-electron chi connectivity index (χ1n) is 7.74. The largest absolute Gasteiger partial charge is 0.330 e. The molecule has 0 aromatic heterocycles. The number of benzene rings is 1. The number of aryl methyl sites for hydroxylation is 1. The van der Waals surface area contributed by atoms with Crippen LogP contribution in [0.2, 0.25) is 0 Å². The van der Waals surface area contributed by atoms with E-state index in [-0.39, 0.29) is 0 Å². The predicted molar refractivity (Wildman–Crippen MR) is 82.5 cm³/mol.